The molecule has 0 bridgehead atoms. The number of furan rings is 1. The quantitative estimate of drug-likeness (QED) is 0.613. The van der Waals surface area contributed by atoms with Crippen LogP contribution in [0.1, 0.15) is 18.6 Å². The standard InChI is InChI=1S/C16H15BrN2O5/c17-13-8-10(19(22)23)3-5-12(13)15-6-4-11(24-15)9-18-7-1-2-14(18)16(20)21/h3-6,8,14H,1-2,7,9H2,(H,20,21). The van der Waals surface area contributed by atoms with Crippen molar-refractivity contribution < 1.29 is 19.2 Å². The molecule has 24 heavy (non-hydrogen) atoms. The maximum absolute atomic E-state index is 11.2. The van der Waals surface area contributed by atoms with E-state index in [0.29, 0.717) is 34.5 Å². The van der Waals surface area contributed by atoms with Gasteiger partial charge in [0.25, 0.3) is 5.69 Å². The molecule has 0 saturated carbocycles. The Morgan fingerprint density at radius 1 is 1.42 bits per heavy atom. The fourth-order valence-electron chi connectivity index (χ4n) is 2.92. The van der Waals surface area contributed by atoms with E-state index in [4.69, 9.17) is 4.42 Å². The highest BCUT2D eigenvalue weighted by Gasteiger charge is 2.31. The van der Waals surface area contributed by atoms with Crippen LogP contribution in [0.25, 0.3) is 11.3 Å². The molecule has 1 fully saturated rings. The zero-order valence-electron chi connectivity index (χ0n) is 12.6. The molecule has 1 unspecified atom stereocenters. The van der Waals surface area contributed by atoms with E-state index in [2.05, 4.69) is 15.9 Å². The van der Waals surface area contributed by atoms with Gasteiger partial charge in [-0.25, -0.2) is 0 Å². The van der Waals surface area contributed by atoms with E-state index in [1.807, 2.05) is 4.90 Å². The van der Waals surface area contributed by atoms with Gasteiger partial charge in [-0.3, -0.25) is 19.8 Å². The third-order valence-electron chi connectivity index (χ3n) is 4.10. The highest BCUT2D eigenvalue weighted by Crippen LogP contribution is 2.33. The van der Waals surface area contributed by atoms with Gasteiger partial charge in [0.1, 0.15) is 17.6 Å². The number of rotatable bonds is 5. The number of hydrogen-bond acceptors (Lipinski definition) is 5. The fraction of sp³-hybridized carbons (Fsp3) is 0.312. The van der Waals surface area contributed by atoms with Crippen LogP contribution in [0.2, 0.25) is 0 Å². The largest absolute Gasteiger partial charge is 0.480 e. The van der Waals surface area contributed by atoms with E-state index in [1.165, 1.54) is 12.1 Å². The molecule has 126 valence electrons. The number of likely N-dealkylation sites (tertiary alicyclic amines) is 1. The second kappa shape index (κ2) is 6.74. The minimum atomic E-state index is -0.808. The number of nitrogens with zero attached hydrogens (tertiary/aromatic N) is 2. The van der Waals surface area contributed by atoms with Crippen molar-refractivity contribution in [3.63, 3.8) is 0 Å². The number of carbonyl (C=O) groups is 1. The second-order valence-electron chi connectivity index (χ2n) is 5.65. The van der Waals surface area contributed by atoms with E-state index >= 15 is 0 Å². The molecule has 1 atom stereocenters. The summed E-state index contributed by atoms with van der Waals surface area (Å²) in [5.41, 5.74) is 0.710. The van der Waals surface area contributed by atoms with Gasteiger partial charge in [0.15, 0.2) is 0 Å². The summed E-state index contributed by atoms with van der Waals surface area (Å²) in [6.45, 7) is 1.16. The summed E-state index contributed by atoms with van der Waals surface area (Å²) >= 11 is 3.33. The van der Waals surface area contributed by atoms with Crippen molar-refractivity contribution in [2.24, 2.45) is 0 Å². The Labute approximate surface area is 146 Å². The summed E-state index contributed by atoms with van der Waals surface area (Å²) in [6.07, 6.45) is 1.51. The van der Waals surface area contributed by atoms with Crippen LogP contribution in [0, 0.1) is 10.1 Å². The molecular formula is C16H15BrN2O5. The Morgan fingerprint density at radius 2 is 2.21 bits per heavy atom. The molecule has 1 aromatic carbocycles. The maximum atomic E-state index is 11.2. The van der Waals surface area contributed by atoms with Gasteiger partial charge >= 0.3 is 5.97 Å². The minimum absolute atomic E-state index is 0.00114. The van der Waals surface area contributed by atoms with E-state index in [-0.39, 0.29) is 5.69 Å². The molecule has 1 aliphatic rings. The first-order valence-electron chi connectivity index (χ1n) is 7.45. The molecule has 2 heterocycles. The van der Waals surface area contributed by atoms with Gasteiger partial charge < -0.3 is 9.52 Å². The predicted octanol–water partition coefficient (Wildman–Crippen LogP) is 3.67. The fourth-order valence-corrected chi connectivity index (χ4v) is 3.48. The summed E-state index contributed by atoms with van der Waals surface area (Å²) in [5.74, 6) is 0.443. The number of benzene rings is 1. The normalized spacial score (nSPS) is 18.0. The molecule has 1 aliphatic heterocycles. The number of nitro groups is 1. The Kier molecular flexibility index (Phi) is 4.68. The summed E-state index contributed by atoms with van der Waals surface area (Å²) in [4.78, 5) is 23.4. The molecule has 2 aromatic rings. The van der Waals surface area contributed by atoms with Gasteiger partial charge in [-0.15, -0.1) is 0 Å². The lowest BCUT2D eigenvalue weighted by atomic mass is 10.1. The maximum Gasteiger partial charge on any atom is 0.320 e. The van der Waals surface area contributed by atoms with Crippen LogP contribution in [0.3, 0.4) is 0 Å². The smallest absolute Gasteiger partial charge is 0.320 e. The van der Waals surface area contributed by atoms with Crippen molar-refractivity contribution in [2.45, 2.75) is 25.4 Å². The van der Waals surface area contributed by atoms with Crippen LogP contribution >= 0.6 is 15.9 Å². The van der Waals surface area contributed by atoms with E-state index in [9.17, 15) is 20.0 Å². The molecular weight excluding hydrogens is 380 g/mol. The third kappa shape index (κ3) is 3.34. The van der Waals surface area contributed by atoms with Crippen LogP contribution in [0.5, 0.6) is 0 Å². The topological polar surface area (TPSA) is 96.8 Å². The molecule has 3 rings (SSSR count). The lowest BCUT2D eigenvalue weighted by Gasteiger charge is -2.19. The average molecular weight is 395 g/mol. The van der Waals surface area contributed by atoms with Crippen molar-refractivity contribution in [3.8, 4) is 11.3 Å². The predicted molar refractivity (Wildman–Crippen MR) is 89.6 cm³/mol. The minimum Gasteiger partial charge on any atom is -0.480 e. The van der Waals surface area contributed by atoms with Gasteiger partial charge in [0.2, 0.25) is 0 Å². The van der Waals surface area contributed by atoms with E-state index < -0.39 is 16.9 Å². The van der Waals surface area contributed by atoms with Gasteiger partial charge in [-0.2, -0.15) is 0 Å². The van der Waals surface area contributed by atoms with E-state index in [0.717, 1.165) is 13.0 Å². The number of carboxylic acid groups (broad SMARTS) is 1. The van der Waals surface area contributed by atoms with Crippen LogP contribution in [-0.4, -0.2) is 33.5 Å². The monoisotopic (exact) mass is 394 g/mol. The molecule has 1 aromatic heterocycles. The van der Waals surface area contributed by atoms with Crippen molar-refractivity contribution in [1.29, 1.82) is 0 Å². The van der Waals surface area contributed by atoms with Crippen molar-refractivity contribution >= 4 is 27.6 Å². The Hall–Kier alpha value is -2.19. The van der Waals surface area contributed by atoms with Gasteiger partial charge in [-0.05, 0) is 53.5 Å². The van der Waals surface area contributed by atoms with Crippen molar-refractivity contribution in [2.75, 3.05) is 6.54 Å². The van der Waals surface area contributed by atoms with Crippen LogP contribution in [0.15, 0.2) is 39.2 Å². The van der Waals surface area contributed by atoms with E-state index in [1.54, 1.807) is 18.2 Å². The zero-order valence-corrected chi connectivity index (χ0v) is 14.2. The highest BCUT2D eigenvalue weighted by molar-refractivity contribution is 9.10. The molecule has 0 spiro atoms. The Morgan fingerprint density at radius 3 is 2.88 bits per heavy atom. The Balaban J connectivity index is 1.78. The summed E-state index contributed by atoms with van der Waals surface area (Å²) in [6, 6.07) is 7.60. The third-order valence-corrected chi connectivity index (χ3v) is 4.75. The SMILES string of the molecule is O=C(O)C1CCCN1Cc1ccc(-c2ccc([N+](=O)[O-])cc2Br)o1. The molecule has 1 saturated heterocycles. The molecule has 7 nitrogen and oxygen atoms in total. The number of aliphatic carboxylic acids is 1. The average Bonchev–Trinajstić information content (AvgIpc) is 3.17. The van der Waals surface area contributed by atoms with Crippen LogP contribution < -0.4 is 0 Å². The highest BCUT2D eigenvalue weighted by atomic mass is 79.9. The number of carboxylic acids is 1. The molecule has 0 amide bonds. The van der Waals surface area contributed by atoms with Gasteiger partial charge in [-0.1, -0.05) is 0 Å². The summed E-state index contributed by atoms with van der Waals surface area (Å²) in [7, 11) is 0. The zero-order chi connectivity index (χ0) is 17.3. The summed E-state index contributed by atoms with van der Waals surface area (Å²) in [5, 5.41) is 20.0. The molecule has 0 radical (unpaired) electrons. The molecule has 1 N–H and O–H groups in total. The molecule has 0 aliphatic carbocycles. The van der Waals surface area contributed by atoms with Crippen molar-refractivity contribution in [3.05, 3.63) is 50.7 Å². The van der Waals surface area contributed by atoms with Crippen LogP contribution in [0.4, 0.5) is 5.69 Å². The van der Waals surface area contributed by atoms with Gasteiger partial charge in [0, 0.05) is 22.2 Å². The number of halogens is 1. The molecule has 8 heteroatoms. The first-order valence-corrected chi connectivity index (χ1v) is 8.25. The second-order valence-corrected chi connectivity index (χ2v) is 6.51. The summed E-state index contributed by atoms with van der Waals surface area (Å²) < 4.78 is 6.38. The van der Waals surface area contributed by atoms with Crippen molar-refractivity contribution in [1.82, 2.24) is 4.90 Å². The lowest BCUT2D eigenvalue weighted by molar-refractivity contribution is -0.384. The first kappa shape index (κ1) is 16.7. The lowest BCUT2D eigenvalue weighted by Crippen LogP contribution is -2.35. The van der Waals surface area contributed by atoms with Gasteiger partial charge in [0.05, 0.1) is 11.5 Å². The Bertz CT molecular complexity index is 789. The number of hydrogen-bond donors (Lipinski definition) is 1. The number of nitro benzene ring substituents is 1. The number of non-ortho nitro benzene ring substituents is 1. The van der Waals surface area contributed by atoms with Crippen LogP contribution in [-0.2, 0) is 11.3 Å². The first-order chi connectivity index (χ1) is 11.5.